The fraction of sp³-hybridized carbons (Fsp3) is 0.0769. The van der Waals surface area contributed by atoms with Gasteiger partial charge in [0.15, 0.2) is 0 Å². The lowest BCUT2D eigenvalue weighted by atomic mass is 10.2. The van der Waals surface area contributed by atoms with Gasteiger partial charge in [-0.2, -0.15) is 0 Å². The van der Waals surface area contributed by atoms with E-state index in [2.05, 4.69) is 13.2 Å². The summed E-state index contributed by atoms with van der Waals surface area (Å²) in [5.41, 5.74) is 0.595. The van der Waals surface area contributed by atoms with Crippen molar-refractivity contribution >= 4 is 11.9 Å². The van der Waals surface area contributed by atoms with Crippen molar-refractivity contribution in [2.24, 2.45) is 0 Å². The highest BCUT2D eigenvalue weighted by Gasteiger charge is 2.07. The molecule has 0 saturated carbocycles. The first-order chi connectivity index (χ1) is 8.17. The number of rotatable bonds is 5. The van der Waals surface area contributed by atoms with Crippen molar-refractivity contribution < 1.29 is 19.1 Å². The van der Waals surface area contributed by atoms with E-state index in [1.54, 1.807) is 24.3 Å². The monoisotopic (exact) mass is 232 g/mol. The Labute approximate surface area is 99.2 Å². The van der Waals surface area contributed by atoms with Crippen molar-refractivity contribution in [3.63, 3.8) is 0 Å². The van der Waals surface area contributed by atoms with Gasteiger partial charge >= 0.3 is 11.9 Å². The summed E-state index contributed by atoms with van der Waals surface area (Å²) in [7, 11) is 0. The van der Waals surface area contributed by atoms with Crippen LogP contribution in [-0.2, 0) is 20.9 Å². The van der Waals surface area contributed by atoms with Gasteiger partial charge in [-0.3, -0.25) is 0 Å². The number of benzene rings is 1. The lowest BCUT2D eigenvalue weighted by Gasteiger charge is -2.08. The molecule has 0 atom stereocenters. The van der Waals surface area contributed by atoms with Gasteiger partial charge in [-0.25, -0.2) is 9.59 Å². The van der Waals surface area contributed by atoms with Crippen molar-refractivity contribution in [3.8, 4) is 5.75 Å². The number of esters is 2. The van der Waals surface area contributed by atoms with Crippen LogP contribution in [0.25, 0.3) is 0 Å². The van der Waals surface area contributed by atoms with Crippen LogP contribution in [-0.4, -0.2) is 11.9 Å². The molecule has 0 N–H and O–H groups in total. The molecule has 0 aromatic heterocycles. The second-order valence-corrected chi connectivity index (χ2v) is 3.04. The molecule has 4 heteroatoms. The summed E-state index contributed by atoms with van der Waals surface area (Å²) < 4.78 is 9.85. The van der Waals surface area contributed by atoms with Gasteiger partial charge in [0.05, 0.1) is 0 Å². The predicted molar refractivity (Wildman–Crippen MR) is 62.3 cm³/mol. The Hall–Kier alpha value is -2.36. The number of hydrogen-bond acceptors (Lipinski definition) is 4. The quantitative estimate of drug-likeness (QED) is 0.442. The van der Waals surface area contributed by atoms with Gasteiger partial charge in [-0.1, -0.05) is 31.4 Å². The van der Waals surface area contributed by atoms with Crippen LogP contribution in [0, 0.1) is 0 Å². The highest BCUT2D eigenvalue weighted by Crippen LogP contribution is 2.19. The van der Waals surface area contributed by atoms with Crippen molar-refractivity contribution in [1.82, 2.24) is 0 Å². The first-order valence-corrected chi connectivity index (χ1v) is 4.88. The summed E-state index contributed by atoms with van der Waals surface area (Å²) in [6, 6.07) is 6.77. The Kier molecular flexibility index (Phi) is 4.69. The van der Waals surface area contributed by atoms with Crippen LogP contribution in [0.4, 0.5) is 0 Å². The van der Waals surface area contributed by atoms with Crippen molar-refractivity contribution in [2.75, 3.05) is 0 Å². The minimum atomic E-state index is -0.563. The molecule has 1 aromatic carbocycles. The second kappa shape index (κ2) is 6.27. The van der Waals surface area contributed by atoms with Crippen LogP contribution in [0.3, 0.4) is 0 Å². The summed E-state index contributed by atoms with van der Waals surface area (Å²) in [5.74, 6) is -0.753. The largest absolute Gasteiger partial charge is 0.458 e. The zero-order valence-corrected chi connectivity index (χ0v) is 9.22. The van der Waals surface area contributed by atoms with Crippen molar-refractivity contribution in [3.05, 3.63) is 55.1 Å². The number of para-hydroxylation sites is 1. The topological polar surface area (TPSA) is 52.6 Å². The van der Waals surface area contributed by atoms with E-state index < -0.39 is 11.9 Å². The minimum Gasteiger partial charge on any atom is -0.458 e. The molecule has 0 heterocycles. The number of ether oxygens (including phenoxy) is 2. The van der Waals surface area contributed by atoms with Crippen LogP contribution in [0.5, 0.6) is 5.75 Å². The van der Waals surface area contributed by atoms with Crippen LogP contribution >= 0.6 is 0 Å². The maximum Gasteiger partial charge on any atom is 0.335 e. The van der Waals surface area contributed by atoms with E-state index in [-0.39, 0.29) is 6.61 Å². The number of hydrogen-bond donors (Lipinski definition) is 0. The van der Waals surface area contributed by atoms with E-state index >= 15 is 0 Å². The third-order valence-electron chi connectivity index (χ3n) is 1.89. The molecule has 0 aliphatic heterocycles. The molecule has 0 fully saturated rings. The molecular formula is C13H12O4. The van der Waals surface area contributed by atoms with Crippen LogP contribution in [0.15, 0.2) is 49.6 Å². The van der Waals surface area contributed by atoms with Gasteiger partial charge in [0.25, 0.3) is 0 Å². The van der Waals surface area contributed by atoms with Gasteiger partial charge in [0, 0.05) is 17.7 Å². The van der Waals surface area contributed by atoms with E-state index in [1.807, 2.05) is 0 Å². The predicted octanol–water partition coefficient (Wildman–Crippen LogP) is 2.01. The van der Waals surface area contributed by atoms with E-state index in [4.69, 9.17) is 9.47 Å². The lowest BCUT2D eigenvalue weighted by Crippen LogP contribution is -2.07. The molecule has 0 radical (unpaired) electrons. The summed E-state index contributed by atoms with van der Waals surface area (Å²) in [6.45, 7) is 6.60. The van der Waals surface area contributed by atoms with E-state index in [0.29, 0.717) is 11.3 Å². The van der Waals surface area contributed by atoms with Gasteiger partial charge < -0.3 is 9.47 Å². The zero-order valence-electron chi connectivity index (χ0n) is 9.22. The Morgan fingerprint density at radius 1 is 1.12 bits per heavy atom. The van der Waals surface area contributed by atoms with E-state index in [0.717, 1.165) is 12.2 Å². The highest BCUT2D eigenvalue weighted by atomic mass is 16.5. The van der Waals surface area contributed by atoms with Gasteiger partial charge in [0.1, 0.15) is 12.4 Å². The molecule has 0 amide bonds. The minimum absolute atomic E-state index is 0.0193. The third kappa shape index (κ3) is 3.95. The standard InChI is InChI=1S/C13H12O4/c1-3-12(14)16-9-10-7-5-6-8-11(10)17-13(15)4-2/h3-8H,1-2,9H2. The molecule has 88 valence electrons. The smallest absolute Gasteiger partial charge is 0.335 e. The first-order valence-electron chi connectivity index (χ1n) is 4.88. The normalized spacial score (nSPS) is 9.18. The molecule has 4 nitrogen and oxygen atoms in total. The van der Waals surface area contributed by atoms with Crippen LogP contribution in [0.1, 0.15) is 5.56 Å². The summed E-state index contributed by atoms with van der Waals surface area (Å²) in [6.07, 6.45) is 2.13. The lowest BCUT2D eigenvalue weighted by molar-refractivity contribution is -0.138. The zero-order chi connectivity index (χ0) is 12.7. The average Bonchev–Trinajstić information content (AvgIpc) is 2.37. The third-order valence-corrected chi connectivity index (χ3v) is 1.89. The summed E-state index contributed by atoms with van der Waals surface area (Å²) in [4.78, 5) is 22.0. The summed E-state index contributed by atoms with van der Waals surface area (Å²) in [5, 5.41) is 0. The van der Waals surface area contributed by atoms with Crippen LogP contribution in [0.2, 0.25) is 0 Å². The molecule has 0 spiro atoms. The molecule has 0 unspecified atom stereocenters. The fourth-order valence-corrected chi connectivity index (χ4v) is 1.08. The molecule has 0 saturated heterocycles. The first kappa shape index (κ1) is 12.7. The Morgan fingerprint density at radius 2 is 1.76 bits per heavy atom. The molecule has 0 aliphatic carbocycles. The molecule has 17 heavy (non-hydrogen) atoms. The molecule has 1 aromatic rings. The highest BCUT2D eigenvalue weighted by molar-refractivity contribution is 5.83. The fourth-order valence-electron chi connectivity index (χ4n) is 1.08. The molecule has 0 bridgehead atoms. The van der Waals surface area contributed by atoms with Gasteiger partial charge in [0.2, 0.25) is 0 Å². The molecular weight excluding hydrogens is 220 g/mol. The molecule has 1 rings (SSSR count). The number of carbonyl (C=O) groups is 2. The van der Waals surface area contributed by atoms with E-state index in [1.165, 1.54) is 0 Å². The molecule has 0 aliphatic rings. The Balaban J connectivity index is 2.76. The Bertz CT molecular complexity index is 448. The van der Waals surface area contributed by atoms with Gasteiger partial charge in [-0.15, -0.1) is 0 Å². The Morgan fingerprint density at radius 3 is 2.41 bits per heavy atom. The van der Waals surface area contributed by atoms with Crippen molar-refractivity contribution in [2.45, 2.75) is 6.61 Å². The SMILES string of the molecule is C=CC(=O)OCc1ccccc1OC(=O)C=C. The second-order valence-electron chi connectivity index (χ2n) is 3.04. The summed E-state index contributed by atoms with van der Waals surface area (Å²) >= 11 is 0. The maximum absolute atomic E-state index is 11.1. The number of carbonyl (C=O) groups excluding carboxylic acids is 2. The van der Waals surface area contributed by atoms with Gasteiger partial charge in [-0.05, 0) is 6.07 Å². The van der Waals surface area contributed by atoms with E-state index in [9.17, 15) is 9.59 Å². The van der Waals surface area contributed by atoms with Crippen LogP contribution < -0.4 is 4.74 Å². The average molecular weight is 232 g/mol. The maximum atomic E-state index is 11.1. The van der Waals surface area contributed by atoms with Crippen molar-refractivity contribution in [1.29, 1.82) is 0 Å².